The van der Waals surface area contributed by atoms with Crippen molar-refractivity contribution in [1.82, 2.24) is 0 Å². The van der Waals surface area contributed by atoms with Crippen LogP contribution in [0.4, 0.5) is 0 Å². The van der Waals surface area contributed by atoms with Crippen molar-refractivity contribution in [2.75, 3.05) is 0 Å². The molecule has 0 spiro atoms. The fourth-order valence-electron chi connectivity index (χ4n) is 3.87. The van der Waals surface area contributed by atoms with E-state index in [2.05, 4.69) is 93.6 Å². The highest BCUT2D eigenvalue weighted by Crippen LogP contribution is 2.36. The molecule has 0 aliphatic rings. The zero-order chi connectivity index (χ0) is 19.8. The molecule has 0 fully saturated rings. The van der Waals surface area contributed by atoms with E-state index in [-0.39, 0.29) is 0 Å². The lowest BCUT2D eigenvalue weighted by Crippen LogP contribution is -2.25. The molecule has 1 heteroatoms. The average Bonchev–Trinajstić information content (AvgIpc) is 2.74. The van der Waals surface area contributed by atoms with Gasteiger partial charge in [-0.05, 0) is 73.1 Å². The van der Waals surface area contributed by atoms with Gasteiger partial charge in [0.2, 0.25) is 0 Å². The van der Waals surface area contributed by atoms with Gasteiger partial charge >= 0.3 is 0 Å². The Labute approximate surface area is 172 Å². The van der Waals surface area contributed by atoms with Crippen LogP contribution in [-0.4, -0.2) is 0 Å². The van der Waals surface area contributed by atoms with E-state index in [1.807, 2.05) is 0 Å². The van der Waals surface area contributed by atoms with Gasteiger partial charge in [0.25, 0.3) is 0 Å². The van der Waals surface area contributed by atoms with E-state index in [0.29, 0.717) is 0 Å². The summed E-state index contributed by atoms with van der Waals surface area (Å²) in [6.45, 7) is 6.86. The number of aryl methyl sites for hydroxylation is 2. The van der Waals surface area contributed by atoms with Crippen molar-refractivity contribution in [3.63, 3.8) is 0 Å². The Morgan fingerprint density at radius 2 is 1.29 bits per heavy atom. The molecule has 0 bridgehead atoms. The van der Waals surface area contributed by atoms with Gasteiger partial charge in [-0.2, -0.15) is 0 Å². The molecule has 0 radical (unpaired) electrons. The highest BCUT2D eigenvalue weighted by atomic mass is 31.1. The van der Waals surface area contributed by atoms with Crippen molar-refractivity contribution >= 4 is 23.8 Å². The Kier molecular flexibility index (Phi) is 7.87. The number of hydrogen-bond acceptors (Lipinski definition) is 0. The molecule has 0 N–H and O–H groups in total. The molecule has 146 valence electrons. The second-order valence-corrected chi connectivity index (χ2v) is 9.73. The van der Waals surface area contributed by atoms with Crippen LogP contribution in [-0.2, 0) is 12.8 Å². The lowest BCUT2D eigenvalue weighted by atomic mass is 9.98. The molecule has 3 rings (SSSR count). The van der Waals surface area contributed by atoms with Crippen LogP contribution in [0.2, 0.25) is 0 Å². The largest absolute Gasteiger partial charge is 0.0654 e. The first-order chi connectivity index (χ1) is 13.8. The van der Waals surface area contributed by atoms with Crippen LogP contribution >= 0.6 is 7.92 Å². The monoisotopic (exact) mass is 388 g/mol. The lowest BCUT2D eigenvalue weighted by molar-refractivity contribution is 0.761. The zero-order valence-corrected chi connectivity index (χ0v) is 18.5. The summed E-state index contributed by atoms with van der Waals surface area (Å²) in [7, 11) is -0.535. The standard InChI is InChI=1S/C27H33P/c1-4-6-15-23-16-13-21-27(25(23)19-7-5-2)28(24-17-9-8-10-18-24)26-20-12-11-14-22(26)3/h8-14,16-18,20-21H,4-7,15,19H2,1-3H3. The van der Waals surface area contributed by atoms with Gasteiger partial charge in [0.05, 0.1) is 0 Å². The van der Waals surface area contributed by atoms with Crippen molar-refractivity contribution < 1.29 is 0 Å². The van der Waals surface area contributed by atoms with Crippen LogP contribution in [0.3, 0.4) is 0 Å². The van der Waals surface area contributed by atoms with Crippen molar-refractivity contribution in [2.45, 2.75) is 59.3 Å². The van der Waals surface area contributed by atoms with Crippen LogP contribution in [0.5, 0.6) is 0 Å². The Morgan fingerprint density at radius 3 is 2.00 bits per heavy atom. The maximum atomic E-state index is 2.41. The second-order valence-electron chi connectivity index (χ2n) is 7.58. The normalized spacial score (nSPS) is 12.1. The molecule has 3 aromatic rings. The van der Waals surface area contributed by atoms with Crippen LogP contribution in [0, 0.1) is 6.92 Å². The van der Waals surface area contributed by atoms with E-state index >= 15 is 0 Å². The third kappa shape index (κ3) is 4.92. The molecule has 1 atom stereocenters. The minimum absolute atomic E-state index is 0.535. The van der Waals surface area contributed by atoms with Gasteiger partial charge in [0.15, 0.2) is 0 Å². The molecule has 0 nitrogen and oxygen atoms in total. The Balaban J connectivity index is 2.18. The predicted molar refractivity (Wildman–Crippen MR) is 127 cm³/mol. The molecule has 0 heterocycles. The summed E-state index contributed by atoms with van der Waals surface area (Å²) in [6, 6.07) is 27.2. The van der Waals surface area contributed by atoms with Crippen molar-refractivity contribution in [3.05, 3.63) is 89.5 Å². The molecule has 0 aliphatic heterocycles. The van der Waals surface area contributed by atoms with Crippen molar-refractivity contribution in [1.29, 1.82) is 0 Å². The predicted octanol–water partition coefficient (Wildman–Crippen LogP) is 6.44. The zero-order valence-electron chi connectivity index (χ0n) is 17.6. The molecule has 3 aromatic carbocycles. The number of hydrogen-bond donors (Lipinski definition) is 0. The van der Waals surface area contributed by atoms with E-state index in [0.717, 1.165) is 0 Å². The summed E-state index contributed by atoms with van der Waals surface area (Å²) in [4.78, 5) is 0. The van der Waals surface area contributed by atoms with Gasteiger partial charge in [-0.3, -0.25) is 0 Å². The number of unbranched alkanes of at least 4 members (excludes halogenated alkanes) is 2. The van der Waals surface area contributed by atoms with Crippen molar-refractivity contribution in [2.24, 2.45) is 0 Å². The smallest absolute Gasteiger partial charge is 0.0116 e. The maximum absolute atomic E-state index is 2.41. The summed E-state index contributed by atoms with van der Waals surface area (Å²) in [6.07, 6.45) is 7.44. The Morgan fingerprint density at radius 1 is 0.643 bits per heavy atom. The van der Waals surface area contributed by atoms with E-state index in [1.165, 1.54) is 54.7 Å². The lowest BCUT2D eigenvalue weighted by Gasteiger charge is -2.25. The first kappa shape index (κ1) is 20.8. The number of rotatable bonds is 9. The minimum atomic E-state index is -0.535. The molecular weight excluding hydrogens is 355 g/mol. The summed E-state index contributed by atoms with van der Waals surface area (Å²) in [5.74, 6) is 0. The first-order valence-electron chi connectivity index (χ1n) is 10.8. The van der Waals surface area contributed by atoms with Crippen LogP contribution in [0.15, 0.2) is 72.8 Å². The highest BCUT2D eigenvalue weighted by molar-refractivity contribution is 7.80. The van der Waals surface area contributed by atoms with Gasteiger partial charge in [-0.25, -0.2) is 0 Å². The average molecular weight is 389 g/mol. The molecule has 1 unspecified atom stereocenters. The molecule has 0 aliphatic carbocycles. The minimum Gasteiger partial charge on any atom is -0.0654 e. The molecular formula is C27H33P. The van der Waals surface area contributed by atoms with E-state index in [4.69, 9.17) is 0 Å². The molecule has 0 saturated carbocycles. The van der Waals surface area contributed by atoms with Crippen LogP contribution in [0.1, 0.15) is 56.2 Å². The molecule has 0 saturated heterocycles. The fraction of sp³-hybridized carbons (Fsp3) is 0.333. The van der Waals surface area contributed by atoms with Gasteiger partial charge < -0.3 is 0 Å². The summed E-state index contributed by atoms with van der Waals surface area (Å²) in [5.41, 5.74) is 4.60. The Hall–Kier alpha value is -1.91. The summed E-state index contributed by atoms with van der Waals surface area (Å²) >= 11 is 0. The van der Waals surface area contributed by atoms with Gasteiger partial charge in [-0.15, -0.1) is 0 Å². The highest BCUT2D eigenvalue weighted by Gasteiger charge is 2.22. The molecule has 28 heavy (non-hydrogen) atoms. The van der Waals surface area contributed by atoms with Crippen LogP contribution < -0.4 is 15.9 Å². The Bertz CT molecular complexity index is 866. The maximum Gasteiger partial charge on any atom is -0.0116 e. The summed E-state index contributed by atoms with van der Waals surface area (Å²) in [5, 5.41) is 4.52. The second kappa shape index (κ2) is 10.6. The van der Waals surface area contributed by atoms with Gasteiger partial charge in [0.1, 0.15) is 0 Å². The van der Waals surface area contributed by atoms with Gasteiger partial charge in [-0.1, -0.05) is 99.5 Å². The first-order valence-corrected chi connectivity index (χ1v) is 12.1. The van der Waals surface area contributed by atoms with E-state index in [9.17, 15) is 0 Å². The van der Waals surface area contributed by atoms with Gasteiger partial charge in [0, 0.05) is 0 Å². The third-order valence-electron chi connectivity index (χ3n) is 5.44. The topological polar surface area (TPSA) is 0 Å². The fourth-order valence-corrected chi connectivity index (χ4v) is 6.58. The number of benzene rings is 3. The van der Waals surface area contributed by atoms with E-state index in [1.54, 1.807) is 16.4 Å². The molecule has 0 aromatic heterocycles. The molecule has 0 amide bonds. The van der Waals surface area contributed by atoms with E-state index < -0.39 is 7.92 Å². The summed E-state index contributed by atoms with van der Waals surface area (Å²) < 4.78 is 0. The van der Waals surface area contributed by atoms with Crippen molar-refractivity contribution in [3.8, 4) is 0 Å². The van der Waals surface area contributed by atoms with Crippen LogP contribution in [0.25, 0.3) is 0 Å². The quantitative estimate of drug-likeness (QED) is 0.370. The third-order valence-corrected chi connectivity index (χ3v) is 8.14. The SMILES string of the molecule is CCCCc1cccc(P(c2ccccc2)c2ccccc2C)c1CCCC.